The van der Waals surface area contributed by atoms with Crippen LogP contribution in [0.25, 0.3) is 6.08 Å². The third-order valence-corrected chi connectivity index (χ3v) is 5.83. The number of rotatable bonds is 5. The van der Waals surface area contributed by atoms with E-state index in [1.807, 2.05) is 24.4 Å². The van der Waals surface area contributed by atoms with Crippen molar-refractivity contribution in [2.45, 2.75) is 20.8 Å². The molecule has 1 saturated heterocycles. The second kappa shape index (κ2) is 7.51. The van der Waals surface area contributed by atoms with E-state index in [1.165, 1.54) is 11.3 Å². The first-order chi connectivity index (χ1) is 12.4. The molecule has 0 saturated carbocycles. The lowest BCUT2D eigenvalue weighted by atomic mass is 10.1. The molecular weight excluding hydrogens is 372 g/mol. The third kappa shape index (κ3) is 3.61. The molecule has 8 heteroatoms. The fourth-order valence-electron chi connectivity index (χ4n) is 2.69. The van der Waals surface area contributed by atoms with Gasteiger partial charge in [0.2, 0.25) is 0 Å². The smallest absolute Gasteiger partial charge is 0.293 e. The van der Waals surface area contributed by atoms with Gasteiger partial charge in [0.15, 0.2) is 0 Å². The Labute approximate surface area is 159 Å². The average molecular weight is 390 g/mol. The Morgan fingerprint density at radius 2 is 2.04 bits per heavy atom. The van der Waals surface area contributed by atoms with Gasteiger partial charge in [-0.1, -0.05) is 6.07 Å². The van der Waals surface area contributed by atoms with Gasteiger partial charge in [0.05, 0.1) is 10.5 Å². The van der Waals surface area contributed by atoms with Crippen molar-refractivity contribution in [3.63, 3.8) is 0 Å². The Morgan fingerprint density at radius 3 is 2.65 bits per heavy atom. The van der Waals surface area contributed by atoms with Gasteiger partial charge >= 0.3 is 0 Å². The van der Waals surface area contributed by atoms with E-state index in [0.29, 0.717) is 22.0 Å². The summed E-state index contributed by atoms with van der Waals surface area (Å²) in [6.07, 6.45) is 1.72. The highest BCUT2D eigenvalue weighted by atomic mass is 32.2. The number of thioether (sulfide) groups is 1. The van der Waals surface area contributed by atoms with E-state index in [0.717, 1.165) is 27.1 Å². The van der Waals surface area contributed by atoms with Crippen molar-refractivity contribution in [3.05, 3.63) is 49.9 Å². The molecular formula is C18H18N2O4S2. The lowest BCUT2D eigenvalue weighted by molar-refractivity contribution is -0.122. The average Bonchev–Trinajstić information content (AvgIpc) is 3.24. The Kier molecular flexibility index (Phi) is 5.33. The molecule has 26 heavy (non-hydrogen) atoms. The van der Waals surface area contributed by atoms with Gasteiger partial charge in [-0.25, -0.2) is 0 Å². The highest BCUT2D eigenvalue weighted by Crippen LogP contribution is 2.32. The molecule has 0 atom stereocenters. The number of amides is 3. The van der Waals surface area contributed by atoms with E-state index >= 15 is 0 Å². The number of nitrogens with one attached hydrogen (secondary N) is 1. The summed E-state index contributed by atoms with van der Waals surface area (Å²) in [5.74, 6) is 0.673. The van der Waals surface area contributed by atoms with Crippen LogP contribution in [0, 0.1) is 20.8 Å². The van der Waals surface area contributed by atoms with Crippen LogP contribution in [0.5, 0.6) is 0 Å². The first-order valence-corrected chi connectivity index (χ1v) is 9.71. The predicted octanol–water partition coefficient (Wildman–Crippen LogP) is 3.73. The molecule has 1 aliphatic rings. The van der Waals surface area contributed by atoms with Crippen molar-refractivity contribution >= 4 is 46.2 Å². The zero-order chi connectivity index (χ0) is 18.8. The zero-order valence-corrected chi connectivity index (χ0v) is 16.3. The van der Waals surface area contributed by atoms with Crippen LogP contribution in [0.15, 0.2) is 26.8 Å². The van der Waals surface area contributed by atoms with Crippen LogP contribution in [0.1, 0.15) is 32.3 Å². The number of carbonyl (C=O) groups is 3. The van der Waals surface area contributed by atoms with Gasteiger partial charge in [-0.15, -0.1) is 11.3 Å². The molecule has 2 aromatic heterocycles. The number of hydrogen-bond acceptors (Lipinski definition) is 6. The van der Waals surface area contributed by atoms with E-state index in [9.17, 15) is 14.4 Å². The van der Waals surface area contributed by atoms with Crippen molar-refractivity contribution in [3.8, 4) is 0 Å². The quantitative estimate of drug-likeness (QED) is 0.787. The minimum absolute atomic E-state index is 0.132. The molecule has 3 amide bonds. The van der Waals surface area contributed by atoms with Crippen LogP contribution in [-0.4, -0.2) is 35.0 Å². The van der Waals surface area contributed by atoms with Crippen LogP contribution in [-0.2, 0) is 4.79 Å². The molecule has 3 heterocycles. The van der Waals surface area contributed by atoms with E-state index < -0.39 is 0 Å². The Morgan fingerprint density at radius 1 is 1.27 bits per heavy atom. The van der Waals surface area contributed by atoms with Gasteiger partial charge < -0.3 is 9.73 Å². The van der Waals surface area contributed by atoms with Crippen LogP contribution in [0.4, 0.5) is 4.79 Å². The summed E-state index contributed by atoms with van der Waals surface area (Å²) in [6.45, 7) is 5.69. The molecule has 1 aliphatic heterocycles. The van der Waals surface area contributed by atoms with Crippen molar-refractivity contribution in [2.24, 2.45) is 0 Å². The van der Waals surface area contributed by atoms with Crippen molar-refractivity contribution in [2.75, 3.05) is 13.1 Å². The van der Waals surface area contributed by atoms with Crippen molar-refractivity contribution in [1.82, 2.24) is 10.2 Å². The lowest BCUT2D eigenvalue weighted by Gasteiger charge is -2.13. The number of nitrogens with zero attached hydrogens (tertiary/aromatic N) is 1. The predicted molar refractivity (Wildman–Crippen MR) is 102 cm³/mol. The third-order valence-electron chi connectivity index (χ3n) is 4.10. The molecule has 0 bridgehead atoms. The van der Waals surface area contributed by atoms with Crippen LogP contribution in [0.2, 0.25) is 0 Å². The number of imide groups is 1. The zero-order valence-electron chi connectivity index (χ0n) is 14.6. The molecule has 1 fully saturated rings. The molecule has 0 aromatic carbocycles. The Bertz CT molecular complexity index is 897. The van der Waals surface area contributed by atoms with Gasteiger partial charge in [0.25, 0.3) is 17.1 Å². The molecule has 136 valence electrons. The highest BCUT2D eigenvalue weighted by Gasteiger charge is 2.34. The standard InChI is InChI=1S/C18H18N2O4S2/c1-10-11(2)24-12(3)15(10)16(21)19-6-7-20-17(22)14(26-18(20)23)9-13-5-4-8-25-13/h4-5,8-9H,6-7H2,1-3H3,(H,19,21). The maximum absolute atomic E-state index is 12.4. The fraction of sp³-hybridized carbons (Fsp3) is 0.278. The Balaban J connectivity index is 1.60. The molecule has 0 aliphatic carbocycles. The van der Waals surface area contributed by atoms with Crippen LogP contribution < -0.4 is 5.32 Å². The summed E-state index contributed by atoms with van der Waals surface area (Å²) in [5, 5.41) is 4.34. The van der Waals surface area contributed by atoms with Gasteiger partial charge in [0.1, 0.15) is 11.5 Å². The monoisotopic (exact) mass is 390 g/mol. The molecule has 6 nitrogen and oxygen atoms in total. The fourth-order valence-corrected chi connectivity index (χ4v) is 4.28. The van der Waals surface area contributed by atoms with Crippen LogP contribution >= 0.6 is 23.1 Å². The second-order valence-corrected chi connectivity index (χ2v) is 7.79. The molecule has 1 N–H and O–H groups in total. The Hall–Kier alpha value is -2.32. The van der Waals surface area contributed by atoms with Gasteiger partial charge in [-0.2, -0.15) is 0 Å². The first kappa shape index (κ1) is 18.5. The first-order valence-electron chi connectivity index (χ1n) is 8.02. The molecule has 2 aromatic rings. The number of carbonyl (C=O) groups excluding carboxylic acids is 3. The van der Waals surface area contributed by atoms with E-state index in [1.54, 1.807) is 19.9 Å². The summed E-state index contributed by atoms with van der Waals surface area (Å²) in [7, 11) is 0. The number of hydrogen-bond donors (Lipinski definition) is 1. The maximum atomic E-state index is 12.4. The molecule has 0 radical (unpaired) electrons. The summed E-state index contributed by atoms with van der Waals surface area (Å²) in [4.78, 5) is 39.3. The second-order valence-electron chi connectivity index (χ2n) is 5.82. The summed E-state index contributed by atoms with van der Waals surface area (Å²) < 4.78 is 5.45. The molecule has 3 rings (SSSR count). The summed E-state index contributed by atoms with van der Waals surface area (Å²) >= 11 is 2.42. The van der Waals surface area contributed by atoms with E-state index in [4.69, 9.17) is 4.42 Å². The van der Waals surface area contributed by atoms with Crippen LogP contribution in [0.3, 0.4) is 0 Å². The van der Waals surface area contributed by atoms with Gasteiger partial charge in [-0.05, 0) is 50.1 Å². The SMILES string of the molecule is Cc1oc(C)c(C(=O)NCCN2C(=O)SC(=Cc3cccs3)C2=O)c1C. The molecule has 0 spiro atoms. The summed E-state index contributed by atoms with van der Waals surface area (Å²) in [6, 6.07) is 3.77. The summed E-state index contributed by atoms with van der Waals surface area (Å²) in [5.41, 5.74) is 1.30. The van der Waals surface area contributed by atoms with E-state index in [-0.39, 0.29) is 30.1 Å². The largest absolute Gasteiger partial charge is 0.466 e. The van der Waals surface area contributed by atoms with Gasteiger partial charge in [-0.3, -0.25) is 19.3 Å². The minimum atomic E-state index is -0.325. The minimum Gasteiger partial charge on any atom is -0.466 e. The number of thiophene rings is 1. The maximum Gasteiger partial charge on any atom is 0.293 e. The highest BCUT2D eigenvalue weighted by molar-refractivity contribution is 8.18. The number of aryl methyl sites for hydroxylation is 2. The molecule has 0 unspecified atom stereocenters. The topological polar surface area (TPSA) is 79.6 Å². The van der Waals surface area contributed by atoms with Crippen molar-refractivity contribution < 1.29 is 18.8 Å². The number of furan rings is 1. The normalized spacial score (nSPS) is 16.0. The van der Waals surface area contributed by atoms with Gasteiger partial charge in [0, 0.05) is 23.5 Å². The van der Waals surface area contributed by atoms with E-state index in [2.05, 4.69) is 5.32 Å². The van der Waals surface area contributed by atoms with Crippen molar-refractivity contribution in [1.29, 1.82) is 0 Å². The lowest BCUT2D eigenvalue weighted by Crippen LogP contribution is -2.37.